The van der Waals surface area contributed by atoms with E-state index in [1.54, 1.807) is 24.0 Å². The maximum absolute atomic E-state index is 13.9. The quantitative estimate of drug-likeness (QED) is 0.413. The number of ether oxygens (including phenoxy) is 1. The summed E-state index contributed by atoms with van der Waals surface area (Å²) in [6.07, 6.45) is 3.05. The van der Waals surface area contributed by atoms with Gasteiger partial charge in [-0.05, 0) is 73.9 Å². The van der Waals surface area contributed by atoms with Crippen LogP contribution in [0.25, 0.3) is 0 Å². The van der Waals surface area contributed by atoms with Crippen molar-refractivity contribution in [1.82, 2.24) is 4.90 Å². The minimum atomic E-state index is -4.26. The first-order chi connectivity index (χ1) is 19.3. The summed E-state index contributed by atoms with van der Waals surface area (Å²) in [5.74, 6) is -1.68. The third kappa shape index (κ3) is 6.22. The van der Waals surface area contributed by atoms with Crippen LogP contribution in [0.5, 0.6) is 0 Å². The molecule has 0 aromatic heterocycles. The molecule has 0 spiro atoms. The number of amides is 1. The minimum absolute atomic E-state index is 0.0538. The van der Waals surface area contributed by atoms with Crippen LogP contribution in [0.15, 0.2) is 51.8 Å². The second kappa shape index (κ2) is 11.0. The zero-order chi connectivity index (χ0) is 29.5. The third-order valence-electron chi connectivity index (χ3n) is 7.77. The number of hydrogen-bond donors (Lipinski definition) is 2. The smallest absolute Gasteiger partial charge is 0.311 e. The fourth-order valence-corrected chi connectivity index (χ4v) is 7.96. The fraction of sp³-hybridized carbons (Fsp3) is 0.444. The molecule has 4 atom stereocenters. The Labute approximate surface area is 238 Å². The van der Waals surface area contributed by atoms with Crippen molar-refractivity contribution >= 4 is 49.1 Å². The Hall–Kier alpha value is -3.52. The summed E-state index contributed by atoms with van der Waals surface area (Å²) >= 11 is 0. The Kier molecular flexibility index (Phi) is 7.81. The highest BCUT2D eigenvalue weighted by atomic mass is 32.2. The molecule has 2 saturated carbocycles. The Morgan fingerprint density at radius 3 is 2.54 bits per heavy atom. The van der Waals surface area contributed by atoms with Gasteiger partial charge in [0, 0.05) is 18.3 Å². The van der Waals surface area contributed by atoms with E-state index in [0.29, 0.717) is 5.56 Å². The van der Waals surface area contributed by atoms with Crippen LogP contribution < -0.4 is 10.0 Å². The van der Waals surface area contributed by atoms with Crippen LogP contribution in [-0.4, -0.2) is 58.4 Å². The number of carbonyl (C=O) groups is 2. The van der Waals surface area contributed by atoms with Crippen molar-refractivity contribution in [3.05, 3.63) is 53.8 Å². The summed E-state index contributed by atoms with van der Waals surface area (Å²) in [4.78, 5) is 28.3. The summed E-state index contributed by atoms with van der Waals surface area (Å²) < 4.78 is 74.2. The number of sulfonamides is 2. The Balaban J connectivity index is 1.44. The van der Waals surface area contributed by atoms with Crippen LogP contribution in [0, 0.1) is 23.6 Å². The number of amidine groups is 1. The number of fused-ring (bicyclic) bond motifs is 3. The van der Waals surface area contributed by atoms with E-state index in [-0.39, 0.29) is 53.1 Å². The Bertz CT molecular complexity index is 1610. The first-order valence-corrected chi connectivity index (χ1v) is 16.6. The van der Waals surface area contributed by atoms with Crippen molar-refractivity contribution in [3.63, 3.8) is 0 Å². The van der Waals surface area contributed by atoms with Gasteiger partial charge < -0.3 is 15.0 Å². The molecule has 3 aliphatic rings. The van der Waals surface area contributed by atoms with Gasteiger partial charge in [0.25, 0.3) is 10.0 Å². The lowest BCUT2D eigenvalue weighted by molar-refractivity contribution is -0.154. The topological polar surface area (TPSA) is 151 Å². The highest BCUT2D eigenvalue weighted by molar-refractivity contribution is 7.92. The van der Waals surface area contributed by atoms with Crippen LogP contribution in [0.3, 0.4) is 0 Å². The first kappa shape index (κ1) is 29.0. The van der Waals surface area contributed by atoms with Crippen LogP contribution in [-0.2, 0) is 40.9 Å². The molecule has 2 fully saturated rings. The highest BCUT2D eigenvalue weighted by Gasteiger charge is 2.54. The predicted octanol–water partition coefficient (Wildman–Crippen LogP) is 3.11. The van der Waals surface area contributed by atoms with Crippen molar-refractivity contribution in [3.8, 4) is 0 Å². The molecule has 2 aromatic rings. The summed E-state index contributed by atoms with van der Waals surface area (Å²) in [7, 11) is -7.90. The molecule has 11 nitrogen and oxygen atoms in total. The number of nitrogens with one attached hydrogen (secondary N) is 2. The standard InChI is InChI=1S/C27H31FN4O7S2/c1-3-39-27(34)25-17-6-7-18(12-17)26(25)32(15-16-4-8-19(28)9-5-16)24(33)14-23-29-21-11-10-20(30-40(2,35)36)13-22(21)41(37,38)31-23/h4-5,8-11,13,17-18,25-26,30H,3,6-7,12,14-15H2,1-2H3,(H,29,31). The molecule has 5 rings (SSSR count). The highest BCUT2D eigenvalue weighted by Crippen LogP contribution is 2.51. The van der Waals surface area contributed by atoms with Gasteiger partial charge in [-0.3, -0.25) is 14.3 Å². The van der Waals surface area contributed by atoms with E-state index in [0.717, 1.165) is 31.6 Å². The van der Waals surface area contributed by atoms with E-state index in [1.165, 1.54) is 24.3 Å². The number of rotatable bonds is 9. The van der Waals surface area contributed by atoms with Gasteiger partial charge in [-0.2, -0.15) is 8.42 Å². The number of carbonyl (C=O) groups excluding carboxylic acids is 2. The van der Waals surface area contributed by atoms with E-state index in [1.807, 2.05) is 0 Å². The zero-order valence-corrected chi connectivity index (χ0v) is 24.2. The molecule has 1 amide bonds. The second-order valence-electron chi connectivity index (χ2n) is 10.6. The van der Waals surface area contributed by atoms with Gasteiger partial charge in [0.05, 0.1) is 30.9 Å². The van der Waals surface area contributed by atoms with Crippen molar-refractivity contribution in [1.29, 1.82) is 0 Å². The normalized spacial score (nSPS) is 24.1. The van der Waals surface area contributed by atoms with E-state index in [2.05, 4.69) is 14.4 Å². The zero-order valence-electron chi connectivity index (χ0n) is 22.5. The number of hydrogen-bond acceptors (Lipinski definition) is 8. The molecule has 2 N–H and O–H groups in total. The third-order valence-corrected chi connectivity index (χ3v) is 9.73. The molecule has 14 heteroatoms. The molecule has 0 saturated heterocycles. The average molecular weight is 607 g/mol. The number of anilines is 2. The van der Waals surface area contributed by atoms with Gasteiger partial charge in [0.1, 0.15) is 16.5 Å². The maximum atomic E-state index is 13.9. The summed E-state index contributed by atoms with van der Waals surface area (Å²) in [6.45, 7) is 2.04. The number of esters is 1. The maximum Gasteiger partial charge on any atom is 0.311 e. The van der Waals surface area contributed by atoms with Gasteiger partial charge in [-0.25, -0.2) is 12.8 Å². The lowest BCUT2D eigenvalue weighted by atomic mass is 9.83. The summed E-state index contributed by atoms with van der Waals surface area (Å²) in [5.41, 5.74) is 0.863. The molecular formula is C27H31FN4O7S2. The molecule has 41 heavy (non-hydrogen) atoms. The van der Waals surface area contributed by atoms with Crippen molar-refractivity contribution in [2.75, 3.05) is 22.9 Å². The minimum Gasteiger partial charge on any atom is -0.466 e. The van der Waals surface area contributed by atoms with Gasteiger partial charge in [0.15, 0.2) is 0 Å². The largest absolute Gasteiger partial charge is 0.466 e. The molecule has 1 aliphatic heterocycles. The first-order valence-electron chi connectivity index (χ1n) is 13.3. The molecular weight excluding hydrogens is 575 g/mol. The van der Waals surface area contributed by atoms with E-state index in [4.69, 9.17) is 4.74 Å². The van der Waals surface area contributed by atoms with Gasteiger partial charge in [-0.1, -0.05) is 12.1 Å². The molecule has 0 radical (unpaired) electrons. The summed E-state index contributed by atoms with van der Waals surface area (Å²) in [6, 6.07) is 9.22. The van der Waals surface area contributed by atoms with Gasteiger partial charge >= 0.3 is 5.97 Å². The number of nitrogens with zero attached hydrogens (tertiary/aromatic N) is 2. The molecule has 2 bridgehead atoms. The van der Waals surface area contributed by atoms with Crippen LogP contribution >= 0.6 is 0 Å². The van der Waals surface area contributed by atoms with E-state index in [9.17, 15) is 30.8 Å². The van der Waals surface area contributed by atoms with Crippen LogP contribution in [0.2, 0.25) is 0 Å². The molecule has 2 aliphatic carbocycles. The summed E-state index contributed by atoms with van der Waals surface area (Å²) in [5, 5.41) is 2.88. The van der Waals surface area contributed by atoms with Crippen molar-refractivity contribution in [2.24, 2.45) is 22.2 Å². The lowest BCUT2D eigenvalue weighted by Crippen LogP contribution is -2.50. The SMILES string of the molecule is CCOC(=O)C1C2CCC(C2)C1N(Cc1ccc(F)cc1)C(=O)CC1=NS(=O)(=O)c2cc(NS(C)(=O)=O)ccc2N1. The van der Waals surface area contributed by atoms with Crippen LogP contribution in [0.1, 0.15) is 38.2 Å². The van der Waals surface area contributed by atoms with Crippen LogP contribution in [0.4, 0.5) is 15.8 Å². The van der Waals surface area contributed by atoms with Crippen molar-refractivity contribution < 1.29 is 35.6 Å². The number of halogens is 1. The van der Waals surface area contributed by atoms with E-state index < -0.39 is 50.2 Å². The predicted molar refractivity (Wildman–Crippen MR) is 149 cm³/mol. The molecule has 2 aromatic carbocycles. The van der Waals surface area contributed by atoms with Gasteiger partial charge in [-0.15, -0.1) is 4.40 Å². The van der Waals surface area contributed by atoms with Gasteiger partial charge in [0.2, 0.25) is 15.9 Å². The second-order valence-corrected chi connectivity index (χ2v) is 14.0. The fourth-order valence-electron chi connectivity index (χ4n) is 6.24. The molecule has 220 valence electrons. The monoisotopic (exact) mass is 606 g/mol. The van der Waals surface area contributed by atoms with E-state index >= 15 is 0 Å². The average Bonchev–Trinajstić information content (AvgIpc) is 3.50. The Morgan fingerprint density at radius 2 is 1.85 bits per heavy atom. The molecule has 1 heterocycles. The Morgan fingerprint density at radius 1 is 1.15 bits per heavy atom. The van der Waals surface area contributed by atoms with Crippen molar-refractivity contribution in [2.45, 2.75) is 50.1 Å². The number of benzene rings is 2. The molecule has 4 unspecified atom stereocenters. The lowest BCUT2D eigenvalue weighted by Gasteiger charge is -2.39.